The van der Waals surface area contributed by atoms with E-state index in [2.05, 4.69) is 16.9 Å². The SMILES string of the molecule is C=N/N=C(/Cl)C=C(C)C. The Bertz CT molecular complexity index is 154. The third-order valence-corrected chi connectivity index (χ3v) is 0.759. The van der Waals surface area contributed by atoms with E-state index in [9.17, 15) is 0 Å². The highest BCUT2D eigenvalue weighted by Crippen LogP contribution is 1.94. The molecule has 50 valence electrons. The molecule has 0 atom stereocenters. The van der Waals surface area contributed by atoms with Gasteiger partial charge in [-0.3, -0.25) is 0 Å². The molecule has 0 rings (SSSR count). The first-order valence-corrected chi connectivity index (χ1v) is 2.88. The Labute approximate surface area is 59.9 Å². The summed E-state index contributed by atoms with van der Waals surface area (Å²) in [7, 11) is 0. The topological polar surface area (TPSA) is 24.7 Å². The quantitative estimate of drug-likeness (QED) is 0.419. The maximum atomic E-state index is 5.52. The number of halogens is 1. The molecule has 0 bridgehead atoms. The largest absolute Gasteiger partial charge is 0.166 e. The summed E-state index contributed by atoms with van der Waals surface area (Å²) in [5.41, 5.74) is 1.09. The van der Waals surface area contributed by atoms with Crippen LogP contribution in [0.2, 0.25) is 0 Å². The second-order valence-corrected chi connectivity index (χ2v) is 2.17. The van der Waals surface area contributed by atoms with Crippen molar-refractivity contribution in [3.63, 3.8) is 0 Å². The van der Waals surface area contributed by atoms with Gasteiger partial charge in [0.1, 0.15) is 0 Å². The molecule has 0 N–H and O–H groups in total. The van der Waals surface area contributed by atoms with Crippen molar-refractivity contribution in [1.29, 1.82) is 0 Å². The summed E-state index contributed by atoms with van der Waals surface area (Å²) in [6, 6.07) is 0. The summed E-state index contributed by atoms with van der Waals surface area (Å²) in [4.78, 5) is 0. The smallest absolute Gasteiger partial charge is 0.151 e. The minimum absolute atomic E-state index is 0.366. The first-order valence-electron chi connectivity index (χ1n) is 2.51. The Morgan fingerprint density at radius 2 is 2.11 bits per heavy atom. The van der Waals surface area contributed by atoms with Gasteiger partial charge in [-0.1, -0.05) is 17.2 Å². The lowest BCUT2D eigenvalue weighted by Gasteiger charge is -1.84. The summed E-state index contributed by atoms with van der Waals surface area (Å²) in [6.45, 7) is 7.02. The fourth-order valence-corrected chi connectivity index (χ4v) is 0.606. The molecule has 9 heavy (non-hydrogen) atoms. The van der Waals surface area contributed by atoms with Crippen LogP contribution in [0.4, 0.5) is 0 Å². The lowest BCUT2D eigenvalue weighted by molar-refractivity contribution is 1.27. The van der Waals surface area contributed by atoms with Gasteiger partial charge in [0.15, 0.2) is 5.17 Å². The predicted octanol–water partition coefficient (Wildman–Crippen LogP) is 2.21. The van der Waals surface area contributed by atoms with Crippen LogP contribution < -0.4 is 0 Å². The first kappa shape index (κ1) is 8.37. The summed E-state index contributed by atoms with van der Waals surface area (Å²) >= 11 is 5.52. The zero-order chi connectivity index (χ0) is 7.28. The van der Waals surface area contributed by atoms with Crippen molar-refractivity contribution in [3.05, 3.63) is 11.6 Å². The van der Waals surface area contributed by atoms with E-state index in [1.165, 1.54) is 0 Å². The van der Waals surface area contributed by atoms with Crippen LogP contribution in [0.5, 0.6) is 0 Å². The maximum absolute atomic E-state index is 5.52. The van der Waals surface area contributed by atoms with Gasteiger partial charge in [-0.05, 0) is 19.9 Å². The van der Waals surface area contributed by atoms with E-state index in [4.69, 9.17) is 11.6 Å². The Morgan fingerprint density at radius 1 is 1.56 bits per heavy atom. The van der Waals surface area contributed by atoms with Crippen LogP contribution in [0.3, 0.4) is 0 Å². The van der Waals surface area contributed by atoms with Crippen molar-refractivity contribution in [1.82, 2.24) is 0 Å². The number of allylic oxidation sites excluding steroid dienone is 2. The molecule has 0 aliphatic heterocycles. The monoisotopic (exact) mass is 144 g/mol. The Hall–Kier alpha value is -0.630. The molecule has 0 saturated carbocycles. The molecule has 3 heteroatoms. The van der Waals surface area contributed by atoms with Gasteiger partial charge in [-0.25, -0.2) is 0 Å². The van der Waals surface area contributed by atoms with Crippen LogP contribution in [0, 0.1) is 0 Å². The van der Waals surface area contributed by atoms with Crippen molar-refractivity contribution < 1.29 is 0 Å². The van der Waals surface area contributed by atoms with Crippen LogP contribution in [0.15, 0.2) is 21.9 Å². The van der Waals surface area contributed by atoms with Crippen LogP contribution in [-0.2, 0) is 0 Å². The molecule has 0 aromatic carbocycles. The van der Waals surface area contributed by atoms with E-state index in [0.717, 1.165) is 5.57 Å². The van der Waals surface area contributed by atoms with E-state index in [1.54, 1.807) is 6.08 Å². The van der Waals surface area contributed by atoms with Gasteiger partial charge >= 0.3 is 0 Å². The summed E-state index contributed by atoms with van der Waals surface area (Å²) < 4.78 is 0. The predicted molar refractivity (Wildman–Crippen MR) is 42.3 cm³/mol. The van der Waals surface area contributed by atoms with Gasteiger partial charge in [-0.15, -0.1) is 5.10 Å². The Balaban J connectivity index is 4.05. The molecule has 0 amide bonds. The van der Waals surface area contributed by atoms with E-state index in [0.29, 0.717) is 5.17 Å². The lowest BCUT2D eigenvalue weighted by Crippen LogP contribution is -1.78. The molecule has 0 aromatic rings. The minimum atomic E-state index is 0.366. The van der Waals surface area contributed by atoms with Crippen molar-refractivity contribution in [2.45, 2.75) is 13.8 Å². The first-order chi connectivity index (χ1) is 4.16. The fraction of sp³-hybridized carbons (Fsp3) is 0.333. The van der Waals surface area contributed by atoms with Crippen molar-refractivity contribution in [2.75, 3.05) is 0 Å². The molecule has 0 aromatic heterocycles. The zero-order valence-electron chi connectivity index (χ0n) is 5.56. The van der Waals surface area contributed by atoms with E-state index < -0.39 is 0 Å². The number of hydrogen-bond donors (Lipinski definition) is 0. The second-order valence-electron chi connectivity index (χ2n) is 1.79. The third-order valence-electron chi connectivity index (χ3n) is 0.574. The summed E-state index contributed by atoms with van der Waals surface area (Å²) in [5, 5.41) is 7.10. The van der Waals surface area contributed by atoms with Gasteiger partial charge in [0.2, 0.25) is 0 Å². The lowest BCUT2D eigenvalue weighted by atomic mass is 10.3. The second kappa shape index (κ2) is 4.27. The van der Waals surface area contributed by atoms with Gasteiger partial charge in [0.25, 0.3) is 0 Å². The van der Waals surface area contributed by atoms with Crippen molar-refractivity contribution in [3.8, 4) is 0 Å². The van der Waals surface area contributed by atoms with Gasteiger partial charge < -0.3 is 0 Å². The normalized spacial score (nSPS) is 10.8. The Kier molecular flexibility index (Phi) is 3.97. The number of rotatable bonds is 2. The van der Waals surface area contributed by atoms with Crippen LogP contribution in [-0.4, -0.2) is 11.9 Å². The highest BCUT2D eigenvalue weighted by molar-refractivity contribution is 6.68. The van der Waals surface area contributed by atoms with Gasteiger partial charge in [0.05, 0.1) is 0 Å². The highest BCUT2D eigenvalue weighted by atomic mass is 35.5. The summed E-state index contributed by atoms with van der Waals surface area (Å²) in [5.74, 6) is 0. The fourth-order valence-electron chi connectivity index (χ4n) is 0.335. The Morgan fingerprint density at radius 3 is 2.44 bits per heavy atom. The van der Waals surface area contributed by atoms with Crippen LogP contribution in [0.1, 0.15) is 13.8 Å². The molecule has 2 nitrogen and oxygen atoms in total. The molecule has 0 saturated heterocycles. The molecule has 0 fully saturated rings. The molecule has 0 aliphatic rings. The maximum Gasteiger partial charge on any atom is 0.151 e. The molecular weight excluding hydrogens is 136 g/mol. The van der Waals surface area contributed by atoms with Crippen LogP contribution >= 0.6 is 11.6 Å². The summed E-state index contributed by atoms with van der Waals surface area (Å²) in [6.07, 6.45) is 1.72. The molecule has 0 heterocycles. The minimum Gasteiger partial charge on any atom is -0.166 e. The van der Waals surface area contributed by atoms with Gasteiger partial charge in [0, 0.05) is 6.72 Å². The molecule has 0 spiro atoms. The van der Waals surface area contributed by atoms with Crippen LogP contribution in [0.25, 0.3) is 0 Å². The van der Waals surface area contributed by atoms with E-state index in [1.807, 2.05) is 13.8 Å². The average molecular weight is 145 g/mol. The van der Waals surface area contributed by atoms with Crippen molar-refractivity contribution in [2.24, 2.45) is 10.2 Å². The number of hydrogen-bond acceptors (Lipinski definition) is 2. The van der Waals surface area contributed by atoms with Crippen molar-refractivity contribution >= 4 is 23.5 Å². The standard InChI is InChI=1S/C6H9ClN2/c1-5(2)4-6(7)9-8-3/h4H,3H2,1-2H3/b9-6+. The average Bonchev–Trinajstić information content (AvgIpc) is 1.63. The number of nitrogens with zero attached hydrogens (tertiary/aromatic N) is 2. The van der Waals surface area contributed by atoms with E-state index in [-0.39, 0.29) is 0 Å². The highest BCUT2D eigenvalue weighted by Gasteiger charge is 1.84. The molecule has 0 aliphatic carbocycles. The van der Waals surface area contributed by atoms with E-state index >= 15 is 0 Å². The molecule has 0 unspecified atom stereocenters. The molecular formula is C6H9ClN2. The zero-order valence-corrected chi connectivity index (χ0v) is 6.31. The molecule has 0 radical (unpaired) electrons. The van der Waals surface area contributed by atoms with Gasteiger partial charge in [-0.2, -0.15) is 5.10 Å². The third kappa shape index (κ3) is 5.24.